The fraction of sp³-hybridized carbons (Fsp3) is 0.458. The summed E-state index contributed by atoms with van der Waals surface area (Å²) >= 11 is 0. The summed E-state index contributed by atoms with van der Waals surface area (Å²) in [5.74, 6) is 1.30. The second-order valence-electron chi connectivity index (χ2n) is 7.73. The highest BCUT2D eigenvalue weighted by Gasteiger charge is 2.14. The van der Waals surface area contributed by atoms with Crippen molar-refractivity contribution in [3.8, 4) is 11.5 Å². The molecule has 0 fully saturated rings. The third-order valence-electron chi connectivity index (χ3n) is 4.88. The molecule has 2 aromatic rings. The van der Waals surface area contributed by atoms with Gasteiger partial charge in [0.1, 0.15) is 0 Å². The Kier molecular flexibility index (Phi) is 10.5. The monoisotopic (exact) mass is 477 g/mol. The molecule has 9 heteroatoms. The molecule has 0 spiro atoms. The summed E-state index contributed by atoms with van der Waals surface area (Å²) < 4.78 is 37.2. The number of carbonyl (C=O) groups is 1. The number of hydrogen-bond acceptors (Lipinski definition) is 5. The highest BCUT2D eigenvalue weighted by molar-refractivity contribution is 7.88. The lowest BCUT2D eigenvalue weighted by atomic mass is 10.1. The molecule has 1 unspecified atom stereocenters. The number of nitrogens with one attached hydrogen (secondary N) is 3. The van der Waals surface area contributed by atoms with E-state index >= 15 is 0 Å². The Morgan fingerprint density at radius 2 is 1.55 bits per heavy atom. The lowest BCUT2D eigenvalue weighted by Gasteiger charge is -2.18. The Balaban J connectivity index is 1.93. The van der Waals surface area contributed by atoms with Crippen LogP contribution in [0, 0.1) is 0 Å². The smallest absolute Gasteiger partial charge is 0.315 e. The number of amides is 2. The van der Waals surface area contributed by atoms with Crippen molar-refractivity contribution in [3.63, 3.8) is 0 Å². The number of rotatable bonds is 13. The number of benzene rings is 2. The summed E-state index contributed by atoms with van der Waals surface area (Å²) in [5.41, 5.74) is 2.46. The molecular formula is C24H35N3O5S. The van der Waals surface area contributed by atoms with Crippen LogP contribution in [0.25, 0.3) is 0 Å². The van der Waals surface area contributed by atoms with Crippen LogP contribution >= 0.6 is 0 Å². The van der Waals surface area contributed by atoms with Gasteiger partial charge in [-0.25, -0.2) is 17.9 Å². The van der Waals surface area contributed by atoms with Crippen molar-refractivity contribution in [2.75, 3.05) is 20.3 Å². The minimum atomic E-state index is -3.31. The molecule has 0 saturated carbocycles. The summed E-state index contributed by atoms with van der Waals surface area (Å²) in [4.78, 5) is 12.4. The summed E-state index contributed by atoms with van der Waals surface area (Å²) in [6.07, 6.45) is 1.80. The van der Waals surface area contributed by atoms with E-state index in [0.29, 0.717) is 36.8 Å². The van der Waals surface area contributed by atoms with E-state index in [1.165, 1.54) is 7.05 Å². The maximum Gasteiger partial charge on any atom is 0.315 e. The zero-order chi connectivity index (χ0) is 24.3. The van der Waals surface area contributed by atoms with E-state index in [9.17, 15) is 13.2 Å². The molecule has 33 heavy (non-hydrogen) atoms. The fourth-order valence-electron chi connectivity index (χ4n) is 3.01. The van der Waals surface area contributed by atoms with Gasteiger partial charge < -0.3 is 20.1 Å². The van der Waals surface area contributed by atoms with E-state index < -0.39 is 10.0 Å². The average Bonchev–Trinajstić information content (AvgIpc) is 2.81. The maximum absolute atomic E-state index is 12.4. The minimum Gasteiger partial charge on any atom is -0.490 e. The van der Waals surface area contributed by atoms with Crippen LogP contribution in [0.1, 0.15) is 56.3 Å². The van der Waals surface area contributed by atoms with Gasteiger partial charge in [-0.1, -0.05) is 44.2 Å². The molecule has 1 atom stereocenters. The molecular weight excluding hydrogens is 442 g/mol. The van der Waals surface area contributed by atoms with Gasteiger partial charge in [-0.3, -0.25) is 0 Å². The van der Waals surface area contributed by atoms with Crippen molar-refractivity contribution in [1.29, 1.82) is 0 Å². The van der Waals surface area contributed by atoms with Gasteiger partial charge >= 0.3 is 6.03 Å². The summed E-state index contributed by atoms with van der Waals surface area (Å²) in [6.45, 7) is 7.53. The second-order valence-corrected chi connectivity index (χ2v) is 9.66. The van der Waals surface area contributed by atoms with Gasteiger partial charge in [-0.2, -0.15) is 0 Å². The van der Waals surface area contributed by atoms with Gasteiger partial charge in [0.15, 0.2) is 11.5 Å². The van der Waals surface area contributed by atoms with E-state index in [-0.39, 0.29) is 17.8 Å². The van der Waals surface area contributed by atoms with Gasteiger partial charge in [0.25, 0.3) is 0 Å². The number of carbonyl (C=O) groups excluding carboxylic acids is 1. The molecule has 0 aliphatic rings. The molecule has 2 rings (SSSR count). The standard InChI is InChI=1S/C24H35N3O5S/c1-5-13-31-22-12-11-21(15-23(22)32-14-6-2)18(3)27-24(28)26-16-19-7-9-20(10-8-19)17-33(29,30)25-4/h7-12,15,18,25H,5-6,13-14,16-17H2,1-4H3,(H2,26,27,28). The average molecular weight is 478 g/mol. The summed E-state index contributed by atoms with van der Waals surface area (Å²) in [7, 11) is -1.92. The lowest BCUT2D eigenvalue weighted by molar-refractivity contribution is 0.237. The minimum absolute atomic E-state index is 0.0819. The molecule has 0 aliphatic heterocycles. The number of urea groups is 1. The van der Waals surface area contributed by atoms with Crippen LogP contribution in [0.3, 0.4) is 0 Å². The van der Waals surface area contributed by atoms with Gasteiger partial charge in [-0.05, 0) is 55.6 Å². The first-order valence-electron chi connectivity index (χ1n) is 11.2. The van der Waals surface area contributed by atoms with Crippen molar-refractivity contribution in [1.82, 2.24) is 15.4 Å². The first kappa shape index (κ1) is 26.5. The Morgan fingerprint density at radius 1 is 0.939 bits per heavy atom. The molecule has 8 nitrogen and oxygen atoms in total. The van der Waals surface area contributed by atoms with E-state index in [2.05, 4.69) is 15.4 Å². The van der Waals surface area contributed by atoms with E-state index in [1.54, 1.807) is 24.3 Å². The second kappa shape index (κ2) is 13.1. The maximum atomic E-state index is 12.4. The van der Waals surface area contributed by atoms with E-state index in [0.717, 1.165) is 24.0 Å². The molecule has 0 saturated heterocycles. The van der Waals surface area contributed by atoms with Crippen LogP contribution in [-0.4, -0.2) is 34.7 Å². The Bertz CT molecular complexity index is 994. The molecule has 2 amide bonds. The molecule has 0 aromatic heterocycles. The quantitative estimate of drug-likeness (QED) is 0.406. The molecule has 0 heterocycles. The summed E-state index contributed by atoms with van der Waals surface area (Å²) in [5, 5.41) is 5.76. The van der Waals surface area contributed by atoms with Crippen LogP contribution in [0.2, 0.25) is 0 Å². The zero-order valence-corrected chi connectivity index (χ0v) is 20.6. The third kappa shape index (κ3) is 8.94. The fourth-order valence-corrected chi connectivity index (χ4v) is 3.78. The largest absolute Gasteiger partial charge is 0.490 e. The Labute approximate surface area is 197 Å². The number of ether oxygens (including phenoxy) is 2. The first-order chi connectivity index (χ1) is 15.8. The predicted octanol–water partition coefficient (Wildman–Crippen LogP) is 3.87. The predicted molar refractivity (Wildman–Crippen MR) is 130 cm³/mol. The van der Waals surface area contributed by atoms with Crippen LogP contribution in [0.15, 0.2) is 42.5 Å². The van der Waals surface area contributed by atoms with Crippen molar-refractivity contribution >= 4 is 16.1 Å². The van der Waals surface area contributed by atoms with Crippen molar-refractivity contribution in [2.24, 2.45) is 0 Å². The summed E-state index contributed by atoms with van der Waals surface area (Å²) in [6, 6.07) is 12.3. The third-order valence-corrected chi connectivity index (χ3v) is 6.22. The van der Waals surface area contributed by atoms with Crippen molar-refractivity contribution in [2.45, 2.75) is 52.0 Å². The topological polar surface area (TPSA) is 106 Å². The van der Waals surface area contributed by atoms with E-state index in [1.807, 2.05) is 39.0 Å². The molecule has 0 radical (unpaired) electrons. The van der Waals surface area contributed by atoms with Gasteiger partial charge in [-0.15, -0.1) is 0 Å². The van der Waals surface area contributed by atoms with Crippen LogP contribution in [0.4, 0.5) is 4.79 Å². The van der Waals surface area contributed by atoms with E-state index in [4.69, 9.17) is 9.47 Å². The molecule has 0 bridgehead atoms. The molecule has 182 valence electrons. The molecule has 2 aromatic carbocycles. The lowest BCUT2D eigenvalue weighted by Crippen LogP contribution is -2.36. The van der Waals surface area contributed by atoms with Crippen LogP contribution in [0.5, 0.6) is 11.5 Å². The Hall–Kier alpha value is -2.78. The van der Waals surface area contributed by atoms with Crippen molar-refractivity contribution < 1.29 is 22.7 Å². The van der Waals surface area contributed by atoms with Gasteiger partial charge in [0.2, 0.25) is 10.0 Å². The highest BCUT2D eigenvalue weighted by Crippen LogP contribution is 2.31. The van der Waals surface area contributed by atoms with Crippen molar-refractivity contribution in [3.05, 3.63) is 59.2 Å². The normalized spacial score (nSPS) is 12.1. The number of hydrogen-bond donors (Lipinski definition) is 3. The van der Waals surface area contributed by atoms with Crippen LogP contribution in [-0.2, 0) is 22.3 Å². The van der Waals surface area contributed by atoms with Crippen LogP contribution < -0.4 is 24.8 Å². The molecule has 0 aliphatic carbocycles. The zero-order valence-electron chi connectivity index (χ0n) is 19.8. The number of sulfonamides is 1. The Morgan fingerprint density at radius 3 is 2.15 bits per heavy atom. The molecule has 3 N–H and O–H groups in total. The van der Waals surface area contributed by atoms with Gasteiger partial charge in [0, 0.05) is 6.54 Å². The van der Waals surface area contributed by atoms with Gasteiger partial charge in [0.05, 0.1) is 25.0 Å². The first-order valence-corrected chi connectivity index (χ1v) is 12.9. The highest BCUT2D eigenvalue weighted by atomic mass is 32.2. The SMILES string of the molecule is CCCOc1ccc(C(C)NC(=O)NCc2ccc(CS(=O)(=O)NC)cc2)cc1OCCC.